The van der Waals surface area contributed by atoms with Crippen LogP contribution in [0, 0.1) is 0 Å². The second kappa shape index (κ2) is 8.09. The third-order valence-corrected chi connectivity index (χ3v) is 5.23. The van der Waals surface area contributed by atoms with Gasteiger partial charge in [0.2, 0.25) is 0 Å². The second-order valence-corrected chi connectivity index (χ2v) is 7.45. The zero-order valence-electron chi connectivity index (χ0n) is 13.1. The van der Waals surface area contributed by atoms with E-state index in [1.807, 2.05) is 6.92 Å². The number of hydrogen-bond donors (Lipinski definition) is 0. The molecule has 0 unspecified atom stereocenters. The van der Waals surface area contributed by atoms with Crippen molar-refractivity contribution >= 4 is 15.9 Å². The first-order chi connectivity index (χ1) is 11.0. The summed E-state index contributed by atoms with van der Waals surface area (Å²) in [5.74, 6) is -6.18. The highest BCUT2D eigenvalue weighted by atomic mass is 32.2. The number of allylic oxidation sites excluding steroid dienone is 1. The molecule has 0 amide bonds. The molecule has 2 nitrogen and oxygen atoms in total. The monoisotopic (exact) mass is 370 g/mol. The summed E-state index contributed by atoms with van der Waals surface area (Å²) < 4.78 is 90.0. The van der Waals surface area contributed by atoms with E-state index in [0.29, 0.717) is 18.9 Å². The predicted octanol–water partition coefficient (Wildman–Crippen LogP) is 5.22. The number of rotatable bonds is 8. The van der Waals surface area contributed by atoms with Crippen molar-refractivity contribution in [3.8, 4) is 0 Å². The topological polar surface area (TPSA) is 34.1 Å². The Kier molecular flexibility index (Phi) is 6.95. The standard InChI is InChI=1S/C16H19F5O2S/c1-2-3-4-8-11-24(22,23)14(15(17,18)16(19,20)21)12-13-9-6-5-7-10-13/h5-7,9-10,12H,2-4,8,11H2,1H3/b14-12+. The molecule has 136 valence electrons. The lowest BCUT2D eigenvalue weighted by Gasteiger charge is -2.22. The molecular formula is C16H19F5O2S. The van der Waals surface area contributed by atoms with E-state index in [4.69, 9.17) is 0 Å². The molecule has 1 rings (SSSR count). The van der Waals surface area contributed by atoms with Crippen molar-refractivity contribution in [2.24, 2.45) is 0 Å². The molecule has 0 aliphatic carbocycles. The highest BCUT2D eigenvalue weighted by Crippen LogP contribution is 2.44. The van der Waals surface area contributed by atoms with Crippen molar-refractivity contribution in [2.75, 3.05) is 5.75 Å². The van der Waals surface area contributed by atoms with Crippen LogP contribution in [0.5, 0.6) is 0 Å². The zero-order valence-corrected chi connectivity index (χ0v) is 13.9. The summed E-state index contributed by atoms with van der Waals surface area (Å²) in [6.07, 6.45) is -3.62. The van der Waals surface area contributed by atoms with Crippen LogP contribution in [-0.4, -0.2) is 26.3 Å². The van der Waals surface area contributed by atoms with E-state index in [9.17, 15) is 30.4 Å². The van der Waals surface area contributed by atoms with Gasteiger partial charge in [0.05, 0.1) is 5.75 Å². The van der Waals surface area contributed by atoms with Crippen LogP contribution in [0.25, 0.3) is 6.08 Å². The van der Waals surface area contributed by atoms with Crippen LogP contribution in [0.2, 0.25) is 0 Å². The molecule has 0 bridgehead atoms. The Morgan fingerprint density at radius 3 is 2.08 bits per heavy atom. The van der Waals surface area contributed by atoms with Gasteiger partial charge in [-0.15, -0.1) is 0 Å². The average Bonchev–Trinajstić information content (AvgIpc) is 2.49. The lowest BCUT2D eigenvalue weighted by atomic mass is 10.2. The molecule has 1 aromatic carbocycles. The Morgan fingerprint density at radius 1 is 1.00 bits per heavy atom. The van der Waals surface area contributed by atoms with Gasteiger partial charge in [-0.25, -0.2) is 8.42 Å². The Hall–Kier alpha value is -1.44. The van der Waals surface area contributed by atoms with E-state index >= 15 is 0 Å². The summed E-state index contributed by atoms with van der Waals surface area (Å²) in [4.78, 5) is -1.90. The second-order valence-electron chi connectivity index (χ2n) is 5.37. The Morgan fingerprint density at radius 2 is 1.58 bits per heavy atom. The van der Waals surface area contributed by atoms with Crippen molar-refractivity contribution in [2.45, 2.75) is 44.7 Å². The minimum absolute atomic E-state index is 0.0337. The molecule has 0 heterocycles. The van der Waals surface area contributed by atoms with Gasteiger partial charge in [-0.3, -0.25) is 0 Å². The molecule has 0 fully saturated rings. The fourth-order valence-corrected chi connectivity index (χ4v) is 3.67. The molecule has 0 saturated heterocycles. The average molecular weight is 370 g/mol. The summed E-state index contributed by atoms with van der Waals surface area (Å²) in [6.45, 7) is 1.87. The van der Waals surface area contributed by atoms with E-state index < -0.39 is 32.6 Å². The highest BCUT2D eigenvalue weighted by molar-refractivity contribution is 7.95. The van der Waals surface area contributed by atoms with E-state index in [1.54, 1.807) is 0 Å². The van der Waals surface area contributed by atoms with Crippen LogP contribution in [0.3, 0.4) is 0 Å². The van der Waals surface area contributed by atoms with Gasteiger partial charge in [0.25, 0.3) is 0 Å². The van der Waals surface area contributed by atoms with E-state index in [2.05, 4.69) is 0 Å². The Balaban J connectivity index is 3.27. The summed E-state index contributed by atoms with van der Waals surface area (Å²) in [5, 5.41) is 0. The zero-order chi connectivity index (χ0) is 18.4. The van der Waals surface area contributed by atoms with Gasteiger partial charge >= 0.3 is 12.1 Å². The van der Waals surface area contributed by atoms with Crippen LogP contribution in [0.15, 0.2) is 35.2 Å². The first-order valence-electron chi connectivity index (χ1n) is 7.47. The van der Waals surface area contributed by atoms with E-state index in [-0.39, 0.29) is 12.0 Å². The van der Waals surface area contributed by atoms with Crippen molar-refractivity contribution in [1.82, 2.24) is 0 Å². The van der Waals surface area contributed by atoms with Crippen molar-refractivity contribution in [1.29, 1.82) is 0 Å². The number of hydrogen-bond acceptors (Lipinski definition) is 2. The number of sulfone groups is 1. The quantitative estimate of drug-likeness (QED) is 0.464. The lowest BCUT2D eigenvalue weighted by molar-refractivity contribution is -0.260. The van der Waals surface area contributed by atoms with Gasteiger partial charge < -0.3 is 0 Å². The van der Waals surface area contributed by atoms with Gasteiger partial charge in [-0.1, -0.05) is 56.5 Å². The maximum Gasteiger partial charge on any atom is 0.458 e. The normalized spacial score (nSPS) is 14.0. The van der Waals surface area contributed by atoms with Gasteiger partial charge in [-0.2, -0.15) is 22.0 Å². The third kappa shape index (κ3) is 5.29. The summed E-state index contributed by atoms with van der Waals surface area (Å²) in [5.41, 5.74) is -0.0337. The lowest BCUT2D eigenvalue weighted by Crippen LogP contribution is -2.41. The molecule has 0 atom stereocenters. The summed E-state index contributed by atoms with van der Waals surface area (Å²) >= 11 is 0. The smallest absolute Gasteiger partial charge is 0.224 e. The van der Waals surface area contributed by atoms with Gasteiger partial charge in [-0.05, 0) is 18.1 Å². The molecule has 0 aliphatic heterocycles. The van der Waals surface area contributed by atoms with Crippen molar-refractivity contribution in [3.05, 3.63) is 40.8 Å². The fourth-order valence-electron chi connectivity index (χ4n) is 2.04. The largest absolute Gasteiger partial charge is 0.458 e. The van der Waals surface area contributed by atoms with Crippen LogP contribution < -0.4 is 0 Å². The molecule has 0 aliphatic rings. The SMILES string of the molecule is CCCCCCS(=O)(=O)/C(=C/c1ccccc1)C(F)(F)C(F)(F)F. The number of unbranched alkanes of at least 4 members (excludes halogenated alkanes) is 3. The Bertz CT molecular complexity index is 649. The first kappa shape index (κ1) is 20.6. The molecule has 1 aromatic rings. The van der Waals surface area contributed by atoms with Gasteiger partial charge in [0.15, 0.2) is 9.84 Å². The van der Waals surface area contributed by atoms with E-state index in [1.165, 1.54) is 30.3 Å². The van der Waals surface area contributed by atoms with Crippen LogP contribution >= 0.6 is 0 Å². The number of halogens is 5. The van der Waals surface area contributed by atoms with E-state index in [0.717, 1.165) is 6.42 Å². The van der Waals surface area contributed by atoms with Crippen molar-refractivity contribution in [3.63, 3.8) is 0 Å². The molecule has 24 heavy (non-hydrogen) atoms. The maximum atomic E-state index is 13.8. The molecule has 0 N–H and O–H groups in total. The van der Waals surface area contributed by atoms with Crippen LogP contribution in [0.1, 0.15) is 38.2 Å². The molecule has 0 radical (unpaired) electrons. The maximum absolute atomic E-state index is 13.8. The summed E-state index contributed by atoms with van der Waals surface area (Å²) in [7, 11) is -4.75. The molecule has 0 aromatic heterocycles. The highest BCUT2D eigenvalue weighted by Gasteiger charge is 2.63. The third-order valence-electron chi connectivity index (χ3n) is 3.36. The summed E-state index contributed by atoms with van der Waals surface area (Å²) in [6, 6.07) is 6.91. The predicted molar refractivity (Wildman–Crippen MR) is 83.3 cm³/mol. The Labute approximate surface area is 138 Å². The van der Waals surface area contributed by atoms with Gasteiger partial charge in [0.1, 0.15) is 4.91 Å². The first-order valence-corrected chi connectivity index (χ1v) is 9.12. The van der Waals surface area contributed by atoms with Crippen LogP contribution in [0.4, 0.5) is 22.0 Å². The van der Waals surface area contributed by atoms with Gasteiger partial charge in [0, 0.05) is 0 Å². The molecule has 0 spiro atoms. The number of alkyl halides is 5. The molecular weight excluding hydrogens is 351 g/mol. The minimum atomic E-state index is -5.98. The van der Waals surface area contributed by atoms with Crippen LogP contribution in [-0.2, 0) is 9.84 Å². The minimum Gasteiger partial charge on any atom is -0.224 e. The fraction of sp³-hybridized carbons (Fsp3) is 0.500. The molecule has 0 saturated carbocycles. The van der Waals surface area contributed by atoms with Crippen molar-refractivity contribution < 1.29 is 30.4 Å². The number of benzene rings is 1. The molecule has 8 heteroatoms.